The van der Waals surface area contributed by atoms with E-state index in [2.05, 4.69) is 4.90 Å². The molecule has 2 N–H and O–H groups in total. The second-order valence-corrected chi connectivity index (χ2v) is 7.00. The van der Waals surface area contributed by atoms with Gasteiger partial charge in [-0.1, -0.05) is 30.3 Å². The summed E-state index contributed by atoms with van der Waals surface area (Å²) in [5, 5.41) is 5.19. The summed E-state index contributed by atoms with van der Waals surface area (Å²) in [6, 6.07) is 16.4. The van der Waals surface area contributed by atoms with Crippen LogP contribution in [0.3, 0.4) is 0 Å². The Morgan fingerprint density at radius 1 is 1.13 bits per heavy atom. The molecule has 5 nitrogen and oxygen atoms in total. The molecule has 0 spiro atoms. The molecule has 1 atom stereocenters. The molecule has 2 rings (SSSR count). The first kappa shape index (κ1) is 17.5. The van der Waals surface area contributed by atoms with Crippen molar-refractivity contribution >= 4 is 10.0 Å². The summed E-state index contributed by atoms with van der Waals surface area (Å²) in [4.78, 5) is 2.24. The summed E-state index contributed by atoms with van der Waals surface area (Å²) in [7, 11) is -1.71. The minimum absolute atomic E-state index is 0.0519. The van der Waals surface area contributed by atoms with E-state index >= 15 is 0 Å². The van der Waals surface area contributed by atoms with E-state index in [0.29, 0.717) is 6.61 Å². The van der Waals surface area contributed by atoms with E-state index in [1.54, 1.807) is 12.1 Å². The maximum atomic E-state index is 11.5. The van der Waals surface area contributed by atoms with E-state index in [1.165, 1.54) is 6.07 Å². The molecule has 2 aromatic rings. The Kier molecular flexibility index (Phi) is 5.76. The van der Waals surface area contributed by atoms with Crippen LogP contribution >= 0.6 is 0 Å². The number of para-hydroxylation sites is 1. The Bertz CT molecular complexity index is 733. The number of nitrogens with zero attached hydrogens (tertiary/aromatic N) is 1. The first-order chi connectivity index (χ1) is 10.9. The van der Waals surface area contributed by atoms with Crippen LogP contribution in [0.2, 0.25) is 0 Å². The highest BCUT2D eigenvalue weighted by Crippen LogP contribution is 2.21. The molecule has 0 aliphatic heterocycles. The molecule has 0 aliphatic carbocycles. The van der Waals surface area contributed by atoms with E-state index in [1.807, 2.05) is 50.4 Å². The SMILES string of the molecule is C[C@@H](c1cccc(S(N)(=O)=O)c1)N(C)CCOc1ccccc1. The quantitative estimate of drug-likeness (QED) is 0.844. The van der Waals surface area contributed by atoms with E-state index in [9.17, 15) is 8.42 Å². The Hall–Kier alpha value is -1.89. The maximum Gasteiger partial charge on any atom is 0.238 e. The second-order valence-electron chi connectivity index (χ2n) is 5.44. The zero-order valence-electron chi connectivity index (χ0n) is 13.3. The molecule has 6 heteroatoms. The second kappa shape index (κ2) is 7.59. The maximum absolute atomic E-state index is 11.5. The number of likely N-dealkylation sites (N-methyl/N-ethyl adjacent to an activating group) is 1. The Labute approximate surface area is 137 Å². The summed E-state index contributed by atoms with van der Waals surface area (Å²) in [5.41, 5.74) is 0.902. The van der Waals surface area contributed by atoms with Crippen LogP contribution in [0.1, 0.15) is 18.5 Å². The molecule has 0 bridgehead atoms. The molecule has 2 aromatic carbocycles. The minimum atomic E-state index is -3.68. The standard InChI is InChI=1S/C17H22N2O3S/c1-14(15-7-6-10-17(13-15)23(18,20)21)19(2)11-12-22-16-8-4-3-5-9-16/h3-10,13-14H,11-12H2,1-2H3,(H2,18,20,21)/t14-/m0/s1. The Morgan fingerprint density at radius 3 is 2.48 bits per heavy atom. The lowest BCUT2D eigenvalue weighted by atomic mass is 10.1. The third-order valence-electron chi connectivity index (χ3n) is 3.79. The highest BCUT2D eigenvalue weighted by atomic mass is 32.2. The van der Waals surface area contributed by atoms with Gasteiger partial charge in [-0.05, 0) is 43.8 Å². The average Bonchev–Trinajstić information content (AvgIpc) is 2.54. The predicted octanol–water partition coefficient (Wildman–Crippen LogP) is 2.41. The van der Waals surface area contributed by atoms with Gasteiger partial charge >= 0.3 is 0 Å². The van der Waals surface area contributed by atoms with Crippen LogP contribution in [0.15, 0.2) is 59.5 Å². The van der Waals surface area contributed by atoms with Gasteiger partial charge in [0.25, 0.3) is 0 Å². The lowest BCUT2D eigenvalue weighted by molar-refractivity contribution is 0.201. The van der Waals surface area contributed by atoms with Crippen LogP contribution in [0.25, 0.3) is 0 Å². The number of nitrogens with two attached hydrogens (primary N) is 1. The van der Waals surface area contributed by atoms with Crippen molar-refractivity contribution in [2.75, 3.05) is 20.2 Å². The molecule has 124 valence electrons. The number of ether oxygens (including phenoxy) is 1. The first-order valence-electron chi connectivity index (χ1n) is 7.39. The van der Waals surface area contributed by atoms with Crippen LogP contribution in [0.4, 0.5) is 0 Å². The van der Waals surface area contributed by atoms with E-state index < -0.39 is 10.0 Å². The van der Waals surface area contributed by atoms with Gasteiger partial charge in [-0.2, -0.15) is 0 Å². The number of hydrogen-bond donors (Lipinski definition) is 1. The Balaban J connectivity index is 1.95. The minimum Gasteiger partial charge on any atom is -0.492 e. The van der Waals surface area contributed by atoms with Gasteiger partial charge in [0.05, 0.1) is 4.90 Å². The predicted molar refractivity (Wildman–Crippen MR) is 90.8 cm³/mol. The van der Waals surface area contributed by atoms with Crippen molar-refractivity contribution in [3.8, 4) is 5.75 Å². The molecule has 0 amide bonds. The summed E-state index contributed by atoms with van der Waals surface area (Å²) in [6.45, 7) is 3.29. The first-order valence-corrected chi connectivity index (χ1v) is 8.93. The number of sulfonamides is 1. The molecular weight excluding hydrogens is 312 g/mol. The van der Waals surface area contributed by atoms with Gasteiger partial charge in [-0.25, -0.2) is 13.6 Å². The molecule has 0 heterocycles. The lowest BCUT2D eigenvalue weighted by Gasteiger charge is -2.25. The molecule has 0 unspecified atom stereocenters. The van der Waals surface area contributed by atoms with E-state index in [4.69, 9.17) is 9.88 Å². The molecule has 0 radical (unpaired) electrons. The van der Waals surface area contributed by atoms with Crippen molar-refractivity contribution in [1.82, 2.24) is 4.90 Å². The molecule has 0 aliphatic rings. The van der Waals surface area contributed by atoms with Crippen molar-refractivity contribution in [3.63, 3.8) is 0 Å². The summed E-state index contributed by atoms with van der Waals surface area (Å²) >= 11 is 0. The number of benzene rings is 2. The van der Waals surface area contributed by atoms with Crippen molar-refractivity contribution in [2.24, 2.45) is 5.14 Å². The van der Waals surface area contributed by atoms with Crippen LogP contribution in [0, 0.1) is 0 Å². The third kappa shape index (κ3) is 5.06. The van der Waals surface area contributed by atoms with Crippen LogP contribution in [-0.2, 0) is 10.0 Å². The van der Waals surface area contributed by atoms with Crippen molar-refractivity contribution in [2.45, 2.75) is 17.9 Å². The molecule has 0 saturated carbocycles. The normalized spacial score (nSPS) is 13.0. The zero-order valence-corrected chi connectivity index (χ0v) is 14.2. The lowest BCUT2D eigenvalue weighted by Crippen LogP contribution is -2.27. The van der Waals surface area contributed by atoms with Gasteiger partial charge in [-0.15, -0.1) is 0 Å². The van der Waals surface area contributed by atoms with E-state index in [-0.39, 0.29) is 10.9 Å². The monoisotopic (exact) mass is 334 g/mol. The molecular formula is C17H22N2O3S. The summed E-state index contributed by atoms with van der Waals surface area (Å²) in [5.74, 6) is 0.838. The Morgan fingerprint density at radius 2 is 1.83 bits per heavy atom. The smallest absolute Gasteiger partial charge is 0.238 e. The van der Waals surface area contributed by atoms with Gasteiger partial charge in [0.1, 0.15) is 12.4 Å². The fourth-order valence-electron chi connectivity index (χ4n) is 2.22. The molecule has 0 aromatic heterocycles. The summed E-state index contributed by atoms with van der Waals surface area (Å²) < 4.78 is 28.6. The fourth-order valence-corrected chi connectivity index (χ4v) is 2.79. The molecule has 0 saturated heterocycles. The number of primary sulfonamides is 1. The fraction of sp³-hybridized carbons (Fsp3) is 0.294. The number of rotatable bonds is 7. The molecule has 0 fully saturated rings. The molecule has 23 heavy (non-hydrogen) atoms. The third-order valence-corrected chi connectivity index (χ3v) is 4.70. The van der Waals surface area contributed by atoms with Crippen LogP contribution in [-0.4, -0.2) is 33.5 Å². The van der Waals surface area contributed by atoms with Crippen LogP contribution < -0.4 is 9.88 Å². The zero-order chi connectivity index (χ0) is 16.9. The summed E-state index contributed by atoms with van der Waals surface area (Å²) in [6.07, 6.45) is 0. The van der Waals surface area contributed by atoms with Gasteiger partial charge in [0, 0.05) is 12.6 Å². The van der Waals surface area contributed by atoms with Gasteiger partial charge < -0.3 is 4.74 Å². The highest BCUT2D eigenvalue weighted by Gasteiger charge is 2.15. The van der Waals surface area contributed by atoms with E-state index in [0.717, 1.165) is 17.9 Å². The van der Waals surface area contributed by atoms with Crippen molar-refractivity contribution in [1.29, 1.82) is 0 Å². The van der Waals surface area contributed by atoms with Gasteiger partial charge in [0.15, 0.2) is 0 Å². The average molecular weight is 334 g/mol. The topological polar surface area (TPSA) is 72.6 Å². The van der Waals surface area contributed by atoms with Crippen LogP contribution in [0.5, 0.6) is 5.75 Å². The highest BCUT2D eigenvalue weighted by molar-refractivity contribution is 7.89. The largest absolute Gasteiger partial charge is 0.492 e. The van der Waals surface area contributed by atoms with Crippen molar-refractivity contribution < 1.29 is 13.2 Å². The van der Waals surface area contributed by atoms with Gasteiger partial charge in [0.2, 0.25) is 10.0 Å². The number of hydrogen-bond acceptors (Lipinski definition) is 4. The van der Waals surface area contributed by atoms with Crippen molar-refractivity contribution in [3.05, 3.63) is 60.2 Å². The van der Waals surface area contributed by atoms with Gasteiger partial charge in [-0.3, -0.25) is 4.90 Å².